The highest BCUT2D eigenvalue weighted by Crippen LogP contribution is 2.26. The van der Waals surface area contributed by atoms with E-state index in [9.17, 15) is 13.2 Å². The molecule has 0 fully saturated rings. The molecule has 7 nitrogen and oxygen atoms in total. The van der Waals surface area contributed by atoms with Gasteiger partial charge in [0.15, 0.2) is 0 Å². The van der Waals surface area contributed by atoms with E-state index in [2.05, 4.69) is 10.3 Å². The van der Waals surface area contributed by atoms with Crippen molar-refractivity contribution in [3.8, 4) is 0 Å². The van der Waals surface area contributed by atoms with Gasteiger partial charge in [0.25, 0.3) is 5.91 Å². The van der Waals surface area contributed by atoms with E-state index >= 15 is 0 Å². The summed E-state index contributed by atoms with van der Waals surface area (Å²) in [5.41, 5.74) is 3.49. The van der Waals surface area contributed by atoms with Crippen molar-refractivity contribution in [2.45, 2.75) is 23.9 Å². The fraction of sp³-hybridized carbons (Fsp3) is 0.185. The van der Waals surface area contributed by atoms with E-state index in [-0.39, 0.29) is 10.8 Å². The van der Waals surface area contributed by atoms with Crippen molar-refractivity contribution < 1.29 is 13.2 Å². The predicted molar refractivity (Wildman–Crippen MR) is 133 cm³/mol. The summed E-state index contributed by atoms with van der Waals surface area (Å²) in [5.74, 6) is 0.395. The van der Waals surface area contributed by atoms with Crippen LogP contribution < -0.4 is 5.32 Å². The van der Waals surface area contributed by atoms with Gasteiger partial charge in [0.1, 0.15) is 11.9 Å². The Labute approximate surface area is 205 Å². The zero-order valence-corrected chi connectivity index (χ0v) is 20.2. The van der Waals surface area contributed by atoms with Crippen LogP contribution in [-0.2, 0) is 30.0 Å². The molecule has 1 N–H and O–H groups in total. The van der Waals surface area contributed by atoms with Crippen LogP contribution in [-0.4, -0.2) is 34.7 Å². The Hall–Kier alpha value is -3.75. The molecule has 1 aliphatic rings. The highest BCUT2D eigenvalue weighted by Gasteiger charge is 2.28. The Morgan fingerprint density at radius 1 is 0.943 bits per heavy atom. The molecule has 8 heteroatoms. The van der Waals surface area contributed by atoms with Crippen molar-refractivity contribution in [3.05, 3.63) is 119 Å². The van der Waals surface area contributed by atoms with Crippen molar-refractivity contribution in [1.29, 1.82) is 0 Å². The first-order valence-corrected chi connectivity index (χ1v) is 12.9. The second-order valence-electron chi connectivity index (χ2n) is 8.60. The van der Waals surface area contributed by atoms with E-state index < -0.39 is 16.1 Å². The molecule has 0 aliphatic carbocycles. The summed E-state index contributed by atoms with van der Waals surface area (Å²) in [6.45, 7) is 0.785. The third-order valence-corrected chi connectivity index (χ3v) is 8.23. The second kappa shape index (κ2) is 9.48. The van der Waals surface area contributed by atoms with Gasteiger partial charge in [-0.2, -0.15) is 4.31 Å². The number of hydrogen-bond acceptors (Lipinski definition) is 4. The van der Waals surface area contributed by atoms with Gasteiger partial charge in [-0.3, -0.25) is 4.79 Å². The van der Waals surface area contributed by atoms with Crippen LogP contribution in [0.2, 0.25) is 0 Å². The number of aryl methyl sites for hydroxylation is 1. The second-order valence-corrected chi connectivity index (χ2v) is 10.5. The summed E-state index contributed by atoms with van der Waals surface area (Å²) in [4.78, 5) is 17.7. The normalized spacial score (nSPS) is 14.8. The largest absolute Gasteiger partial charge is 0.338 e. The Bertz CT molecular complexity index is 1450. The standard InChI is InChI=1S/C27H26N4O3S/c1-30-18-16-28-26(30)25(21-8-3-2-4-9-21)29-27(32)22-11-13-24(14-12-22)35(33,34)31-17-15-20-7-5-6-10-23(20)19-31/h2-14,16,18,25H,15,17,19H2,1H3,(H,29,32)/t25-/m1/s1. The van der Waals surface area contributed by atoms with Crippen molar-refractivity contribution in [1.82, 2.24) is 19.2 Å². The monoisotopic (exact) mass is 486 g/mol. The van der Waals surface area contributed by atoms with Gasteiger partial charge in [-0.25, -0.2) is 13.4 Å². The number of aromatic nitrogens is 2. The van der Waals surface area contributed by atoms with Crippen molar-refractivity contribution in [2.75, 3.05) is 6.54 Å². The first kappa shape index (κ1) is 23.0. The maximum atomic E-state index is 13.2. The van der Waals surface area contributed by atoms with Crippen LogP contribution in [0.4, 0.5) is 0 Å². The molecule has 1 atom stereocenters. The van der Waals surface area contributed by atoms with E-state index in [1.165, 1.54) is 22.0 Å². The topological polar surface area (TPSA) is 84.3 Å². The van der Waals surface area contributed by atoms with Crippen LogP contribution in [0, 0.1) is 0 Å². The number of nitrogens with one attached hydrogen (secondary N) is 1. The summed E-state index contributed by atoms with van der Waals surface area (Å²) in [6, 6.07) is 23.2. The third kappa shape index (κ3) is 4.62. The SMILES string of the molecule is Cn1ccnc1[C@H](NC(=O)c1ccc(S(=O)(=O)N2CCc3ccccc3C2)cc1)c1ccccc1. The van der Waals surface area contributed by atoms with Crippen LogP contribution in [0.3, 0.4) is 0 Å². The van der Waals surface area contributed by atoms with E-state index in [0.717, 1.165) is 11.1 Å². The average Bonchev–Trinajstić information content (AvgIpc) is 3.32. The van der Waals surface area contributed by atoms with E-state index in [0.29, 0.717) is 30.9 Å². The fourth-order valence-electron chi connectivity index (χ4n) is 4.41. The van der Waals surface area contributed by atoms with Crippen molar-refractivity contribution in [3.63, 3.8) is 0 Å². The minimum absolute atomic E-state index is 0.178. The first-order chi connectivity index (χ1) is 16.9. The number of carbonyl (C=O) groups excluding carboxylic acids is 1. The fourth-order valence-corrected chi connectivity index (χ4v) is 5.83. The van der Waals surface area contributed by atoms with Gasteiger partial charge in [0.2, 0.25) is 10.0 Å². The summed E-state index contributed by atoms with van der Waals surface area (Å²) in [5, 5.41) is 3.04. The lowest BCUT2D eigenvalue weighted by Crippen LogP contribution is -2.36. The maximum Gasteiger partial charge on any atom is 0.252 e. The van der Waals surface area contributed by atoms with Gasteiger partial charge in [0, 0.05) is 38.1 Å². The molecule has 1 aliphatic heterocycles. The van der Waals surface area contributed by atoms with Gasteiger partial charge in [0.05, 0.1) is 4.90 Å². The first-order valence-electron chi connectivity index (χ1n) is 11.4. The Morgan fingerprint density at radius 2 is 1.63 bits per heavy atom. The summed E-state index contributed by atoms with van der Waals surface area (Å²) in [7, 11) is -1.79. The number of nitrogens with zero attached hydrogens (tertiary/aromatic N) is 3. The Balaban J connectivity index is 1.35. The molecule has 2 heterocycles. The van der Waals surface area contributed by atoms with E-state index in [1.54, 1.807) is 18.3 Å². The predicted octanol–water partition coefficient (Wildman–Crippen LogP) is 3.69. The number of carbonyl (C=O) groups is 1. The molecular weight excluding hydrogens is 460 g/mol. The van der Waals surface area contributed by atoms with Gasteiger partial charge >= 0.3 is 0 Å². The highest BCUT2D eigenvalue weighted by atomic mass is 32.2. The molecule has 0 unspecified atom stereocenters. The lowest BCUT2D eigenvalue weighted by Gasteiger charge is -2.28. The van der Waals surface area contributed by atoms with E-state index in [1.807, 2.05) is 72.4 Å². The molecule has 0 saturated heterocycles. The van der Waals surface area contributed by atoms with Gasteiger partial charge < -0.3 is 9.88 Å². The third-order valence-electron chi connectivity index (χ3n) is 6.37. The zero-order chi connectivity index (χ0) is 24.4. The molecule has 178 valence electrons. The minimum Gasteiger partial charge on any atom is -0.338 e. The van der Waals surface area contributed by atoms with Gasteiger partial charge in [-0.05, 0) is 47.4 Å². The minimum atomic E-state index is -3.67. The number of amides is 1. The van der Waals surface area contributed by atoms with Crippen LogP contribution in [0.25, 0.3) is 0 Å². The number of fused-ring (bicyclic) bond motifs is 1. The quantitative estimate of drug-likeness (QED) is 0.451. The number of hydrogen-bond donors (Lipinski definition) is 1. The molecule has 1 aromatic heterocycles. The molecule has 0 saturated carbocycles. The molecule has 35 heavy (non-hydrogen) atoms. The van der Waals surface area contributed by atoms with E-state index in [4.69, 9.17) is 0 Å². The molecule has 0 bridgehead atoms. The summed E-state index contributed by atoms with van der Waals surface area (Å²) >= 11 is 0. The lowest BCUT2D eigenvalue weighted by atomic mass is 10.0. The zero-order valence-electron chi connectivity index (χ0n) is 19.3. The lowest BCUT2D eigenvalue weighted by molar-refractivity contribution is 0.0941. The van der Waals surface area contributed by atoms with Gasteiger partial charge in [-0.15, -0.1) is 0 Å². The van der Waals surface area contributed by atoms with Crippen LogP contribution in [0.5, 0.6) is 0 Å². The Kier molecular flexibility index (Phi) is 6.23. The molecule has 5 rings (SSSR count). The van der Waals surface area contributed by atoms with Crippen LogP contribution in [0.15, 0.2) is 96.2 Å². The molecule has 4 aromatic rings. The van der Waals surface area contributed by atoms with Gasteiger partial charge in [-0.1, -0.05) is 54.6 Å². The summed E-state index contributed by atoms with van der Waals surface area (Å²) in [6.07, 6.45) is 4.20. The molecule has 0 spiro atoms. The van der Waals surface area contributed by atoms with Crippen molar-refractivity contribution in [2.24, 2.45) is 7.05 Å². The molecule has 0 radical (unpaired) electrons. The molecule has 1 amide bonds. The van der Waals surface area contributed by atoms with Crippen LogP contribution >= 0.6 is 0 Å². The smallest absolute Gasteiger partial charge is 0.252 e. The summed E-state index contributed by atoms with van der Waals surface area (Å²) < 4.78 is 29.9. The average molecular weight is 487 g/mol. The van der Waals surface area contributed by atoms with Crippen LogP contribution in [0.1, 0.15) is 38.9 Å². The highest BCUT2D eigenvalue weighted by molar-refractivity contribution is 7.89. The van der Waals surface area contributed by atoms with Crippen molar-refractivity contribution >= 4 is 15.9 Å². The molecule has 3 aromatic carbocycles. The maximum absolute atomic E-state index is 13.2. The number of rotatable bonds is 6. The number of sulfonamides is 1. The number of benzene rings is 3. The molecular formula is C27H26N4O3S. The Morgan fingerprint density at radius 3 is 2.31 bits per heavy atom. The number of imidazole rings is 1.